The van der Waals surface area contributed by atoms with Crippen LogP contribution in [0.15, 0.2) is 78.9 Å². The highest BCUT2D eigenvalue weighted by Crippen LogP contribution is 2.32. The summed E-state index contributed by atoms with van der Waals surface area (Å²) in [4.78, 5) is 29.5. The Labute approximate surface area is 260 Å². The highest BCUT2D eigenvalue weighted by atomic mass is 16.5. The Balaban J connectivity index is 1.01. The summed E-state index contributed by atoms with van der Waals surface area (Å²) in [7, 11) is 1.75. The summed E-state index contributed by atoms with van der Waals surface area (Å²) in [5.74, 6) is 0.578. The number of fused-ring (bicyclic) bond motifs is 1. The van der Waals surface area contributed by atoms with Crippen molar-refractivity contribution in [3.8, 4) is 11.1 Å². The largest absolute Gasteiger partial charge is 0.389 e. The minimum Gasteiger partial charge on any atom is -0.389 e. The molecule has 7 nitrogen and oxygen atoms in total. The number of benzene rings is 3. The van der Waals surface area contributed by atoms with E-state index in [4.69, 9.17) is 4.74 Å². The van der Waals surface area contributed by atoms with Crippen molar-refractivity contribution in [2.24, 2.45) is 0 Å². The van der Waals surface area contributed by atoms with Crippen LogP contribution in [-0.2, 0) is 22.5 Å². The number of carbonyl (C=O) groups is 2. The molecule has 2 amide bonds. The van der Waals surface area contributed by atoms with E-state index in [2.05, 4.69) is 64.1 Å². The van der Waals surface area contributed by atoms with Gasteiger partial charge in [0, 0.05) is 75.6 Å². The lowest BCUT2D eigenvalue weighted by molar-refractivity contribution is -0.132. The van der Waals surface area contributed by atoms with Crippen LogP contribution in [0.25, 0.3) is 22.0 Å². The molecule has 0 radical (unpaired) electrons. The summed E-state index contributed by atoms with van der Waals surface area (Å²) in [5, 5.41) is 10.7. The van der Waals surface area contributed by atoms with Crippen LogP contribution < -0.4 is 0 Å². The zero-order valence-corrected chi connectivity index (χ0v) is 25.7. The number of ether oxygens (including phenoxy) is 1. The number of carbonyl (C=O) groups excluding carboxylic acids is 2. The van der Waals surface area contributed by atoms with E-state index in [0.29, 0.717) is 31.0 Å². The first-order valence-corrected chi connectivity index (χ1v) is 16.0. The standard InChI is InChI=1S/C37H43N3O4/c1-44-22-6-21-40-34-10-3-2-8-31(34)23-35(40)32-9-5-20-38(24-32)36(42)11-4-7-27-12-14-28(15-13-27)29-16-18-30(19-17-29)37(43)39-25-33(41)26-39/h2-3,8,10,12-19,23,32-33,41H,4-7,9,11,20-22,24-26H2,1H3. The molecule has 2 saturated heterocycles. The summed E-state index contributed by atoms with van der Waals surface area (Å²) in [6.45, 7) is 4.12. The van der Waals surface area contributed by atoms with Crippen LogP contribution in [0.5, 0.6) is 0 Å². The number of hydrogen-bond donors (Lipinski definition) is 1. The van der Waals surface area contributed by atoms with E-state index in [9.17, 15) is 14.7 Å². The normalized spacial score (nSPS) is 17.2. The van der Waals surface area contributed by atoms with Crippen molar-refractivity contribution in [1.82, 2.24) is 14.4 Å². The van der Waals surface area contributed by atoms with Crippen molar-refractivity contribution in [2.75, 3.05) is 39.9 Å². The summed E-state index contributed by atoms with van der Waals surface area (Å²) in [6, 6.07) is 27.1. The van der Waals surface area contributed by atoms with E-state index in [1.807, 2.05) is 24.3 Å². The number of likely N-dealkylation sites (tertiary alicyclic amines) is 2. The monoisotopic (exact) mass is 593 g/mol. The maximum absolute atomic E-state index is 13.3. The minimum atomic E-state index is -0.395. The van der Waals surface area contributed by atoms with E-state index in [1.54, 1.807) is 12.0 Å². The van der Waals surface area contributed by atoms with Crippen LogP contribution in [-0.4, -0.2) is 77.3 Å². The van der Waals surface area contributed by atoms with E-state index in [1.165, 1.54) is 22.2 Å². The predicted octanol–water partition coefficient (Wildman–Crippen LogP) is 5.89. The first-order valence-electron chi connectivity index (χ1n) is 16.0. The number of aliphatic hydroxyl groups excluding tert-OH is 1. The van der Waals surface area contributed by atoms with Gasteiger partial charge in [0.2, 0.25) is 5.91 Å². The minimum absolute atomic E-state index is 0.0343. The quantitative estimate of drug-likeness (QED) is 0.220. The van der Waals surface area contributed by atoms with E-state index in [0.717, 1.165) is 69.5 Å². The number of aromatic nitrogens is 1. The summed E-state index contributed by atoms with van der Waals surface area (Å²) < 4.78 is 7.77. The van der Waals surface area contributed by atoms with Crippen LogP contribution in [0, 0.1) is 0 Å². The Morgan fingerprint density at radius 1 is 0.886 bits per heavy atom. The molecule has 7 heteroatoms. The number of nitrogens with zero attached hydrogens (tertiary/aromatic N) is 3. The van der Waals surface area contributed by atoms with Crippen molar-refractivity contribution in [3.05, 3.63) is 95.7 Å². The highest BCUT2D eigenvalue weighted by molar-refractivity contribution is 5.95. The number of piperidine rings is 1. The number of amides is 2. The van der Waals surface area contributed by atoms with E-state index < -0.39 is 6.10 Å². The van der Waals surface area contributed by atoms with E-state index >= 15 is 0 Å². The summed E-state index contributed by atoms with van der Waals surface area (Å²) in [6.07, 6.45) is 4.98. The van der Waals surface area contributed by atoms with Crippen LogP contribution >= 0.6 is 0 Å². The molecular formula is C37H43N3O4. The molecule has 1 unspecified atom stereocenters. The summed E-state index contributed by atoms with van der Waals surface area (Å²) in [5.41, 5.74) is 6.64. The van der Waals surface area contributed by atoms with Gasteiger partial charge in [-0.3, -0.25) is 9.59 Å². The van der Waals surface area contributed by atoms with Gasteiger partial charge in [0.1, 0.15) is 0 Å². The molecule has 2 aliphatic rings. The number of rotatable bonds is 11. The maximum Gasteiger partial charge on any atom is 0.254 e. The molecule has 0 saturated carbocycles. The Morgan fingerprint density at radius 2 is 1.61 bits per heavy atom. The molecule has 0 aliphatic carbocycles. The molecule has 1 aromatic heterocycles. The van der Waals surface area contributed by atoms with Crippen molar-refractivity contribution in [1.29, 1.82) is 0 Å². The van der Waals surface area contributed by atoms with Crippen LogP contribution in [0.4, 0.5) is 0 Å². The van der Waals surface area contributed by atoms with Gasteiger partial charge in [-0.15, -0.1) is 0 Å². The lowest BCUT2D eigenvalue weighted by Gasteiger charge is -2.35. The Bertz CT molecular complexity index is 1570. The molecule has 1 atom stereocenters. The van der Waals surface area contributed by atoms with Gasteiger partial charge in [0.25, 0.3) is 5.91 Å². The van der Waals surface area contributed by atoms with Gasteiger partial charge in [-0.05, 0) is 78.4 Å². The third-order valence-corrected chi connectivity index (χ3v) is 9.19. The number of methoxy groups -OCH3 is 1. The molecule has 3 heterocycles. The van der Waals surface area contributed by atoms with Crippen molar-refractivity contribution in [3.63, 3.8) is 0 Å². The Morgan fingerprint density at radius 3 is 2.34 bits per heavy atom. The molecule has 3 aromatic carbocycles. The second-order valence-corrected chi connectivity index (χ2v) is 12.3. The second-order valence-electron chi connectivity index (χ2n) is 12.3. The molecule has 4 aromatic rings. The Kier molecular flexibility index (Phi) is 9.43. The van der Waals surface area contributed by atoms with Gasteiger partial charge in [0.05, 0.1) is 6.10 Å². The smallest absolute Gasteiger partial charge is 0.254 e. The molecular weight excluding hydrogens is 550 g/mol. The van der Waals surface area contributed by atoms with Crippen molar-refractivity contribution < 1.29 is 19.4 Å². The van der Waals surface area contributed by atoms with Gasteiger partial charge in [0.15, 0.2) is 0 Å². The number of hydrogen-bond acceptors (Lipinski definition) is 4. The fourth-order valence-corrected chi connectivity index (χ4v) is 6.71. The third kappa shape index (κ3) is 6.74. The average Bonchev–Trinajstić information content (AvgIpc) is 3.42. The van der Waals surface area contributed by atoms with Gasteiger partial charge >= 0.3 is 0 Å². The fraction of sp³-hybridized carbons (Fsp3) is 0.405. The van der Waals surface area contributed by atoms with Gasteiger partial charge in [-0.25, -0.2) is 0 Å². The highest BCUT2D eigenvalue weighted by Gasteiger charge is 2.29. The molecule has 2 aliphatic heterocycles. The van der Waals surface area contributed by atoms with E-state index in [-0.39, 0.29) is 11.8 Å². The predicted molar refractivity (Wildman–Crippen MR) is 174 cm³/mol. The van der Waals surface area contributed by atoms with Crippen molar-refractivity contribution in [2.45, 2.75) is 57.1 Å². The van der Waals surface area contributed by atoms with Gasteiger partial charge in [-0.2, -0.15) is 0 Å². The topological polar surface area (TPSA) is 75.0 Å². The maximum atomic E-state index is 13.3. The molecule has 6 rings (SSSR count). The second kappa shape index (κ2) is 13.8. The van der Waals surface area contributed by atoms with Crippen molar-refractivity contribution >= 4 is 22.7 Å². The first kappa shape index (κ1) is 30.1. The zero-order valence-electron chi connectivity index (χ0n) is 25.7. The zero-order chi connectivity index (χ0) is 30.5. The molecule has 44 heavy (non-hydrogen) atoms. The molecule has 0 spiro atoms. The fourth-order valence-electron chi connectivity index (χ4n) is 6.71. The van der Waals surface area contributed by atoms with Gasteiger partial charge in [-0.1, -0.05) is 54.6 Å². The first-order chi connectivity index (χ1) is 21.5. The lowest BCUT2D eigenvalue weighted by atomic mass is 9.94. The number of aliphatic hydroxyl groups is 1. The average molecular weight is 594 g/mol. The molecule has 0 bridgehead atoms. The summed E-state index contributed by atoms with van der Waals surface area (Å²) >= 11 is 0. The molecule has 1 N–H and O–H groups in total. The lowest BCUT2D eigenvalue weighted by Crippen LogP contribution is -2.53. The SMILES string of the molecule is COCCCn1c(C2CCCN(C(=O)CCCc3ccc(-c4ccc(C(=O)N5CC(O)C5)cc4)cc3)C2)cc2ccccc21. The third-order valence-electron chi connectivity index (χ3n) is 9.19. The van der Waals surface area contributed by atoms with Gasteiger partial charge < -0.3 is 24.2 Å². The Hall–Kier alpha value is -3.94. The molecule has 2 fully saturated rings. The van der Waals surface area contributed by atoms with Crippen LogP contribution in [0.1, 0.15) is 59.6 Å². The van der Waals surface area contributed by atoms with Crippen LogP contribution in [0.3, 0.4) is 0 Å². The number of aryl methyl sites for hydroxylation is 2. The van der Waals surface area contributed by atoms with Crippen LogP contribution in [0.2, 0.25) is 0 Å². The number of β-amino-alcohol motifs (C(OH)–C–C–N with tert-alkyl or cyclic N) is 1. The number of para-hydroxylation sites is 1. The molecule has 230 valence electrons.